The van der Waals surface area contributed by atoms with Gasteiger partial charge in [0.25, 0.3) is 0 Å². The first-order valence-corrected chi connectivity index (χ1v) is 6.81. The Morgan fingerprint density at radius 2 is 1.85 bits per heavy atom. The second-order valence-electron chi connectivity index (χ2n) is 5.06. The van der Waals surface area contributed by atoms with Crippen molar-refractivity contribution in [2.24, 2.45) is 0 Å². The molecule has 1 atom stereocenters. The summed E-state index contributed by atoms with van der Waals surface area (Å²) < 4.78 is 0. The van der Waals surface area contributed by atoms with Gasteiger partial charge in [-0.3, -0.25) is 0 Å². The SMILES string of the molecule is Cc1cccc(NC(=O)NC(C)Cc2ccccc2)c1. The number of aryl methyl sites for hydroxylation is 1. The number of benzene rings is 2. The standard InChI is InChI=1S/C17H20N2O/c1-13-7-6-10-16(11-13)19-17(20)18-14(2)12-15-8-4-3-5-9-15/h3-11,14H,12H2,1-2H3,(H2,18,19,20). The van der Waals surface area contributed by atoms with Crippen molar-refractivity contribution in [2.45, 2.75) is 26.3 Å². The molecule has 0 aliphatic carbocycles. The summed E-state index contributed by atoms with van der Waals surface area (Å²) in [6.07, 6.45) is 0.822. The lowest BCUT2D eigenvalue weighted by atomic mass is 10.1. The smallest absolute Gasteiger partial charge is 0.319 e. The van der Waals surface area contributed by atoms with Crippen molar-refractivity contribution >= 4 is 11.7 Å². The van der Waals surface area contributed by atoms with E-state index in [1.54, 1.807) is 0 Å². The van der Waals surface area contributed by atoms with Gasteiger partial charge in [0.15, 0.2) is 0 Å². The molecule has 0 bridgehead atoms. The van der Waals surface area contributed by atoms with Gasteiger partial charge in [0.1, 0.15) is 0 Å². The molecule has 3 heteroatoms. The second kappa shape index (κ2) is 6.75. The van der Waals surface area contributed by atoms with Crippen molar-refractivity contribution in [1.82, 2.24) is 5.32 Å². The summed E-state index contributed by atoms with van der Waals surface area (Å²) in [7, 11) is 0. The van der Waals surface area contributed by atoms with Gasteiger partial charge in [-0.05, 0) is 43.5 Å². The molecule has 2 aromatic carbocycles. The van der Waals surface area contributed by atoms with Crippen LogP contribution in [0.2, 0.25) is 0 Å². The quantitative estimate of drug-likeness (QED) is 0.871. The van der Waals surface area contributed by atoms with Crippen molar-refractivity contribution in [1.29, 1.82) is 0 Å². The predicted octanol–water partition coefficient (Wildman–Crippen LogP) is 3.75. The highest BCUT2D eigenvalue weighted by Crippen LogP contribution is 2.09. The minimum atomic E-state index is -0.168. The molecule has 0 aliphatic rings. The first kappa shape index (κ1) is 14.1. The molecule has 0 heterocycles. The summed E-state index contributed by atoms with van der Waals surface area (Å²) in [5, 5.41) is 5.80. The highest BCUT2D eigenvalue weighted by molar-refractivity contribution is 5.89. The fraction of sp³-hybridized carbons (Fsp3) is 0.235. The van der Waals surface area contributed by atoms with Crippen molar-refractivity contribution in [3.8, 4) is 0 Å². The van der Waals surface area contributed by atoms with Crippen LogP contribution in [-0.2, 0) is 6.42 Å². The van der Waals surface area contributed by atoms with Gasteiger partial charge in [-0.1, -0.05) is 42.5 Å². The fourth-order valence-electron chi connectivity index (χ4n) is 2.13. The van der Waals surface area contributed by atoms with E-state index < -0.39 is 0 Å². The first-order valence-electron chi connectivity index (χ1n) is 6.81. The highest BCUT2D eigenvalue weighted by Gasteiger charge is 2.08. The van der Waals surface area contributed by atoms with Crippen LogP contribution in [0.4, 0.5) is 10.5 Å². The van der Waals surface area contributed by atoms with Crippen LogP contribution < -0.4 is 10.6 Å². The molecule has 104 valence electrons. The van der Waals surface area contributed by atoms with E-state index in [-0.39, 0.29) is 12.1 Å². The van der Waals surface area contributed by atoms with Crippen molar-refractivity contribution < 1.29 is 4.79 Å². The average molecular weight is 268 g/mol. The molecule has 0 saturated heterocycles. The van der Waals surface area contributed by atoms with Crippen LogP contribution >= 0.6 is 0 Å². The molecule has 2 aromatic rings. The molecule has 1 unspecified atom stereocenters. The summed E-state index contributed by atoms with van der Waals surface area (Å²) in [5.74, 6) is 0. The lowest BCUT2D eigenvalue weighted by Crippen LogP contribution is -2.37. The number of amides is 2. The zero-order valence-corrected chi connectivity index (χ0v) is 11.9. The number of anilines is 1. The molecule has 20 heavy (non-hydrogen) atoms. The van der Waals surface area contributed by atoms with E-state index in [4.69, 9.17) is 0 Å². The Kier molecular flexibility index (Phi) is 4.77. The normalized spacial score (nSPS) is 11.7. The van der Waals surface area contributed by atoms with Gasteiger partial charge >= 0.3 is 6.03 Å². The van der Waals surface area contributed by atoms with Gasteiger partial charge in [0, 0.05) is 11.7 Å². The van der Waals surface area contributed by atoms with E-state index in [1.807, 2.05) is 56.3 Å². The minimum Gasteiger partial charge on any atom is -0.335 e. The number of carbonyl (C=O) groups is 1. The third kappa shape index (κ3) is 4.43. The minimum absolute atomic E-state index is 0.0854. The number of nitrogens with one attached hydrogen (secondary N) is 2. The summed E-state index contributed by atoms with van der Waals surface area (Å²) >= 11 is 0. The summed E-state index contributed by atoms with van der Waals surface area (Å²) in [6, 6.07) is 17.8. The van der Waals surface area contributed by atoms with Crippen molar-refractivity contribution in [3.05, 3.63) is 65.7 Å². The van der Waals surface area contributed by atoms with Crippen LogP contribution in [-0.4, -0.2) is 12.1 Å². The molecular formula is C17H20N2O. The maximum atomic E-state index is 11.9. The van der Waals surface area contributed by atoms with Crippen LogP contribution in [0, 0.1) is 6.92 Å². The third-order valence-electron chi connectivity index (χ3n) is 3.04. The molecule has 2 N–H and O–H groups in total. The number of hydrogen-bond donors (Lipinski definition) is 2. The van der Waals surface area contributed by atoms with Gasteiger partial charge in [0.2, 0.25) is 0 Å². The van der Waals surface area contributed by atoms with Crippen LogP contribution in [0.1, 0.15) is 18.1 Å². The van der Waals surface area contributed by atoms with Gasteiger partial charge < -0.3 is 10.6 Å². The molecule has 3 nitrogen and oxygen atoms in total. The van der Waals surface area contributed by atoms with Crippen LogP contribution in [0.15, 0.2) is 54.6 Å². The molecule has 2 rings (SSSR count). The third-order valence-corrected chi connectivity index (χ3v) is 3.04. The number of carbonyl (C=O) groups excluding carboxylic acids is 1. The summed E-state index contributed by atoms with van der Waals surface area (Å²) in [6.45, 7) is 4.00. The van der Waals surface area contributed by atoms with Crippen molar-refractivity contribution in [3.63, 3.8) is 0 Å². The summed E-state index contributed by atoms with van der Waals surface area (Å²) in [4.78, 5) is 11.9. The van der Waals surface area contributed by atoms with E-state index in [9.17, 15) is 4.79 Å². The van der Waals surface area contributed by atoms with Crippen LogP contribution in [0.25, 0.3) is 0 Å². The molecule has 0 saturated carbocycles. The van der Waals surface area contributed by atoms with E-state index in [2.05, 4.69) is 22.8 Å². The fourth-order valence-corrected chi connectivity index (χ4v) is 2.13. The van der Waals surface area contributed by atoms with Crippen LogP contribution in [0.5, 0.6) is 0 Å². The molecule has 0 fully saturated rings. The van der Waals surface area contributed by atoms with E-state index >= 15 is 0 Å². The van der Waals surface area contributed by atoms with E-state index in [0.29, 0.717) is 0 Å². The van der Waals surface area contributed by atoms with Gasteiger partial charge in [-0.25, -0.2) is 4.79 Å². The lowest BCUT2D eigenvalue weighted by Gasteiger charge is -2.15. The van der Waals surface area contributed by atoms with Gasteiger partial charge in [-0.2, -0.15) is 0 Å². The van der Waals surface area contributed by atoms with Gasteiger partial charge in [0.05, 0.1) is 0 Å². The monoisotopic (exact) mass is 268 g/mol. The average Bonchev–Trinajstić information content (AvgIpc) is 2.39. The number of urea groups is 1. The topological polar surface area (TPSA) is 41.1 Å². The Bertz CT molecular complexity index is 566. The second-order valence-corrected chi connectivity index (χ2v) is 5.06. The Morgan fingerprint density at radius 3 is 2.55 bits per heavy atom. The Hall–Kier alpha value is -2.29. The molecule has 2 amide bonds. The number of rotatable bonds is 4. The Morgan fingerprint density at radius 1 is 1.10 bits per heavy atom. The summed E-state index contributed by atoms with van der Waals surface area (Å²) in [5.41, 5.74) is 3.16. The number of hydrogen-bond acceptors (Lipinski definition) is 1. The highest BCUT2D eigenvalue weighted by atomic mass is 16.2. The van der Waals surface area contributed by atoms with E-state index in [0.717, 1.165) is 17.7 Å². The molecule has 0 aliphatic heterocycles. The lowest BCUT2D eigenvalue weighted by molar-refractivity contribution is 0.249. The molecule has 0 aromatic heterocycles. The molecular weight excluding hydrogens is 248 g/mol. The first-order chi connectivity index (χ1) is 9.63. The van der Waals surface area contributed by atoms with Gasteiger partial charge in [-0.15, -0.1) is 0 Å². The zero-order chi connectivity index (χ0) is 14.4. The van der Waals surface area contributed by atoms with Crippen LogP contribution in [0.3, 0.4) is 0 Å². The molecule has 0 radical (unpaired) electrons. The van der Waals surface area contributed by atoms with Crippen molar-refractivity contribution in [2.75, 3.05) is 5.32 Å². The maximum Gasteiger partial charge on any atom is 0.319 e. The Balaban J connectivity index is 1.85. The zero-order valence-electron chi connectivity index (χ0n) is 11.9. The molecule has 0 spiro atoms. The maximum absolute atomic E-state index is 11.9. The Labute approximate surface area is 120 Å². The van der Waals surface area contributed by atoms with E-state index in [1.165, 1.54) is 5.56 Å². The predicted molar refractivity (Wildman–Crippen MR) is 82.9 cm³/mol. The largest absolute Gasteiger partial charge is 0.335 e.